The molecule has 2 fully saturated rings. The highest BCUT2D eigenvalue weighted by atomic mass is 32.2. The molecule has 0 radical (unpaired) electrons. The first-order valence-electron chi connectivity index (χ1n) is 7.60. The summed E-state index contributed by atoms with van der Waals surface area (Å²) >= 11 is 0. The first-order chi connectivity index (χ1) is 10.1. The van der Waals surface area contributed by atoms with Crippen LogP contribution in [0, 0.1) is 0 Å². The first-order valence-corrected chi connectivity index (χ1v) is 9.08. The fraction of sp³-hybridized carbons (Fsp3) is 0.600. The van der Waals surface area contributed by atoms with E-state index in [9.17, 15) is 8.42 Å². The molecule has 2 aliphatic heterocycles. The standard InChI is InChI=1S/C15H22N2O3S/c1-2-9-16-21(18,19)13-6-3-11(4-7-13)17-14-10-12-5-8-15(14)20-12/h3-4,6-7,12,14-17H,2,5,8-10H2,1H3. The minimum Gasteiger partial charge on any atom is -0.380 e. The lowest BCUT2D eigenvalue weighted by Crippen LogP contribution is -2.30. The van der Waals surface area contributed by atoms with Crippen LogP contribution in [0.15, 0.2) is 29.2 Å². The van der Waals surface area contributed by atoms with Gasteiger partial charge in [-0.25, -0.2) is 13.1 Å². The van der Waals surface area contributed by atoms with Crippen molar-refractivity contribution in [3.05, 3.63) is 24.3 Å². The maximum atomic E-state index is 12.0. The maximum Gasteiger partial charge on any atom is 0.240 e. The second kappa shape index (κ2) is 5.94. The normalized spacial score (nSPS) is 28.0. The van der Waals surface area contributed by atoms with E-state index in [1.54, 1.807) is 12.1 Å². The zero-order valence-corrected chi connectivity index (χ0v) is 13.0. The zero-order valence-electron chi connectivity index (χ0n) is 12.2. The van der Waals surface area contributed by atoms with Crippen LogP contribution in [0.5, 0.6) is 0 Å². The van der Waals surface area contributed by atoms with Crippen LogP contribution < -0.4 is 10.0 Å². The lowest BCUT2D eigenvalue weighted by molar-refractivity contribution is 0.102. The molecule has 0 spiro atoms. The SMILES string of the molecule is CCCNS(=O)(=O)c1ccc(NC2CC3CCC2O3)cc1. The van der Waals surface area contributed by atoms with E-state index in [4.69, 9.17) is 4.74 Å². The van der Waals surface area contributed by atoms with E-state index in [2.05, 4.69) is 10.0 Å². The van der Waals surface area contributed by atoms with Gasteiger partial charge in [0.2, 0.25) is 10.0 Å². The fourth-order valence-corrected chi connectivity index (χ4v) is 4.19. The van der Waals surface area contributed by atoms with Gasteiger partial charge in [-0.2, -0.15) is 0 Å². The second-order valence-corrected chi connectivity index (χ2v) is 7.55. The van der Waals surface area contributed by atoms with E-state index in [0.29, 0.717) is 29.7 Å². The van der Waals surface area contributed by atoms with Gasteiger partial charge in [0.25, 0.3) is 0 Å². The second-order valence-electron chi connectivity index (χ2n) is 5.78. The van der Waals surface area contributed by atoms with E-state index in [1.807, 2.05) is 19.1 Å². The number of ether oxygens (including phenoxy) is 1. The fourth-order valence-electron chi connectivity index (χ4n) is 3.05. The molecule has 0 amide bonds. The van der Waals surface area contributed by atoms with Gasteiger partial charge in [0.15, 0.2) is 0 Å². The number of nitrogens with one attached hydrogen (secondary N) is 2. The Labute approximate surface area is 126 Å². The summed E-state index contributed by atoms with van der Waals surface area (Å²) in [6, 6.07) is 7.30. The summed E-state index contributed by atoms with van der Waals surface area (Å²) in [4.78, 5) is 0.311. The Morgan fingerprint density at radius 3 is 2.57 bits per heavy atom. The predicted molar refractivity (Wildman–Crippen MR) is 81.8 cm³/mol. The van der Waals surface area contributed by atoms with Crippen molar-refractivity contribution in [2.75, 3.05) is 11.9 Å². The molecular weight excluding hydrogens is 288 g/mol. The smallest absolute Gasteiger partial charge is 0.240 e. The molecule has 0 saturated carbocycles. The average molecular weight is 310 g/mol. The third kappa shape index (κ3) is 3.22. The van der Waals surface area contributed by atoms with Crippen LogP contribution in [0.1, 0.15) is 32.6 Å². The summed E-state index contributed by atoms with van der Waals surface area (Å²) < 4.78 is 32.4. The first kappa shape index (κ1) is 14.8. The van der Waals surface area contributed by atoms with Crippen molar-refractivity contribution >= 4 is 15.7 Å². The summed E-state index contributed by atoms with van der Waals surface area (Å²) in [6.07, 6.45) is 4.83. The van der Waals surface area contributed by atoms with Crippen molar-refractivity contribution in [1.82, 2.24) is 4.72 Å². The number of benzene rings is 1. The van der Waals surface area contributed by atoms with Crippen molar-refractivity contribution in [1.29, 1.82) is 0 Å². The quantitative estimate of drug-likeness (QED) is 0.844. The van der Waals surface area contributed by atoms with Gasteiger partial charge in [0, 0.05) is 12.2 Å². The molecular formula is C15H22N2O3S. The zero-order chi connectivity index (χ0) is 14.9. The highest BCUT2D eigenvalue weighted by molar-refractivity contribution is 7.89. The maximum absolute atomic E-state index is 12.0. The third-order valence-corrected chi connectivity index (χ3v) is 5.64. The molecule has 6 heteroatoms. The molecule has 21 heavy (non-hydrogen) atoms. The molecule has 5 nitrogen and oxygen atoms in total. The van der Waals surface area contributed by atoms with Crippen LogP contribution in [0.3, 0.4) is 0 Å². The summed E-state index contributed by atoms with van der Waals surface area (Å²) in [7, 11) is -3.38. The Morgan fingerprint density at radius 2 is 2.00 bits per heavy atom. The minimum atomic E-state index is -3.38. The summed E-state index contributed by atoms with van der Waals surface area (Å²) in [6.45, 7) is 2.40. The Bertz CT molecular complexity index is 585. The Hall–Kier alpha value is -1.11. The van der Waals surface area contributed by atoms with Gasteiger partial charge in [-0.1, -0.05) is 6.92 Å². The van der Waals surface area contributed by atoms with Gasteiger partial charge in [-0.15, -0.1) is 0 Å². The largest absolute Gasteiger partial charge is 0.380 e. The van der Waals surface area contributed by atoms with Crippen LogP contribution in [0.2, 0.25) is 0 Å². The molecule has 0 aromatic heterocycles. The lowest BCUT2D eigenvalue weighted by Gasteiger charge is -2.21. The monoisotopic (exact) mass is 310 g/mol. The van der Waals surface area contributed by atoms with E-state index in [1.165, 1.54) is 6.42 Å². The molecule has 1 aromatic rings. The van der Waals surface area contributed by atoms with Crippen LogP contribution in [-0.4, -0.2) is 33.2 Å². The van der Waals surface area contributed by atoms with Crippen molar-refractivity contribution in [3.8, 4) is 0 Å². The van der Waals surface area contributed by atoms with Gasteiger partial charge in [0.05, 0.1) is 23.1 Å². The van der Waals surface area contributed by atoms with E-state index < -0.39 is 10.0 Å². The average Bonchev–Trinajstić information content (AvgIpc) is 3.08. The van der Waals surface area contributed by atoms with E-state index in [-0.39, 0.29) is 0 Å². The molecule has 3 rings (SSSR count). The molecule has 2 saturated heterocycles. The molecule has 116 valence electrons. The van der Waals surface area contributed by atoms with E-state index in [0.717, 1.165) is 24.9 Å². The molecule has 2 N–H and O–H groups in total. The molecule has 3 unspecified atom stereocenters. The van der Waals surface area contributed by atoms with Crippen LogP contribution in [0.4, 0.5) is 5.69 Å². The molecule has 2 aliphatic rings. The molecule has 1 aromatic carbocycles. The number of hydrogen-bond acceptors (Lipinski definition) is 4. The Morgan fingerprint density at radius 1 is 1.24 bits per heavy atom. The number of hydrogen-bond donors (Lipinski definition) is 2. The Kier molecular flexibility index (Phi) is 4.19. The van der Waals surface area contributed by atoms with Gasteiger partial charge >= 0.3 is 0 Å². The van der Waals surface area contributed by atoms with Crippen LogP contribution >= 0.6 is 0 Å². The van der Waals surface area contributed by atoms with E-state index >= 15 is 0 Å². The molecule has 3 atom stereocenters. The van der Waals surface area contributed by atoms with Gasteiger partial charge in [-0.3, -0.25) is 0 Å². The Balaban J connectivity index is 1.64. The van der Waals surface area contributed by atoms with Gasteiger partial charge in [0.1, 0.15) is 0 Å². The summed E-state index contributed by atoms with van der Waals surface area (Å²) in [5.74, 6) is 0. The van der Waals surface area contributed by atoms with Crippen molar-refractivity contribution < 1.29 is 13.2 Å². The molecule has 2 heterocycles. The third-order valence-electron chi connectivity index (χ3n) is 4.16. The minimum absolute atomic E-state index is 0.310. The number of anilines is 1. The molecule has 0 aliphatic carbocycles. The highest BCUT2D eigenvalue weighted by Crippen LogP contribution is 2.36. The highest BCUT2D eigenvalue weighted by Gasteiger charge is 2.40. The number of fused-ring (bicyclic) bond motifs is 2. The predicted octanol–water partition coefficient (Wildman–Crippen LogP) is 2.11. The molecule has 2 bridgehead atoms. The summed E-state index contributed by atoms with van der Waals surface area (Å²) in [5.41, 5.74) is 0.950. The van der Waals surface area contributed by atoms with Crippen molar-refractivity contribution in [2.45, 2.75) is 55.8 Å². The van der Waals surface area contributed by atoms with Crippen molar-refractivity contribution in [2.24, 2.45) is 0 Å². The lowest BCUT2D eigenvalue weighted by atomic mass is 9.95. The van der Waals surface area contributed by atoms with Crippen LogP contribution in [-0.2, 0) is 14.8 Å². The van der Waals surface area contributed by atoms with Gasteiger partial charge in [-0.05, 0) is 49.9 Å². The van der Waals surface area contributed by atoms with Gasteiger partial charge < -0.3 is 10.1 Å². The van der Waals surface area contributed by atoms with Crippen LogP contribution in [0.25, 0.3) is 0 Å². The topological polar surface area (TPSA) is 67.4 Å². The number of sulfonamides is 1. The summed E-state index contributed by atoms with van der Waals surface area (Å²) in [5, 5.41) is 3.45. The van der Waals surface area contributed by atoms with Crippen molar-refractivity contribution in [3.63, 3.8) is 0 Å². The number of rotatable bonds is 6.